The van der Waals surface area contributed by atoms with Crippen molar-refractivity contribution in [3.63, 3.8) is 0 Å². The number of esters is 1. The lowest BCUT2D eigenvalue weighted by Crippen LogP contribution is -2.31. The highest BCUT2D eigenvalue weighted by Gasteiger charge is 2.40. The van der Waals surface area contributed by atoms with Crippen LogP contribution in [-0.4, -0.2) is 28.2 Å². The number of hydrogen-bond donors (Lipinski definition) is 1. The van der Waals surface area contributed by atoms with Crippen LogP contribution in [0.3, 0.4) is 0 Å². The molecular weight excluding hydrogens is 603 g/mol. The van der Waals surface area contributed by atoms with Gasteiger partial charge in [0.2, 0.25) is 5.92 Å². The van der Waals surface area contributed by atoms with Crippen LogP contribution in [0.25, 0.3) is 22.0 Å². The predicted molar refractivity (Wildman–Crippen MR) is 176 cm³/mol. The summed E-state index contributed by atoms with van der Waals surface area (Å²) >= 11 is 0. The molecule has 5 aromatic rings. The molecule has 0 aliphatic heterocycles. The van der Waals surface area contributed by atoms with E-state index in [0.29, 0.717) is 22.0 Å². The van der Waals surface area contributed by atoms with Crippen LogP contribution in [0.15, 0.2) is 97.1 Å². The van der Waals surface area contributed by atoms with Crippen LogP contribution in [0, 0.1) is 5.82 Å². The Balaban J connectivity index is 1.47. The highest BCUT2D eigenvalue weighted by atomic mass is 19.3. The number of carbonyl (C=O) groups is 1. The number of aliphatic hydroxyl groups excluding tert-OH is 1. The summed E-state index contributed by atoms with van der Waals surface area (Å²) in [7, 11) is 0. The van der Waals surface area contributed by atoms with Gasteiger partial charge >= 0.3 is 5.97 Å². The maximum absolute atomic E-state index is 15.8. The Hall–Kier alpha value is -4.56. The van der Waals surface area contributed by atoms with Gasteiger partial charge in [0, 0.05) is 35.6 Å². The Morgan fingerprint density at radius 2 is 1.49 bits per heavy atom. The highest BCUT2D eigenvalue weighted by Crippen LogP contribution is 2.50. The van der Waals surface area contributed by atoms with Crippen LogP contribution in [0.4, 0.5) is 13.2 Å². The molecule has 1 saturated carbocycles. The van der Waals surface area contributed by atoms with Crippen molar-refractivity contribution in [1.29, 1.82) is 0 Å². The van der Waals surface area contributed by atoms with Crippen molar-refractivity contribution in [2.45, 2.75) is 70.1 Å². The number of rotatable bonds is 10. The van der Waals surface area contributed by atoms with Crippen molar-refractivity contribution >= 4 is 16.9 Å². The quantitative estimate of drug-likeness (QED) is 0.154. The van der Waals surface area contributed by atoms with Gasteiger partial charge in [0.05, 0.1) is 23.1 Å². The average Bonchev–Trinajstić information content (AvgIpc) is 3.44. The van der Waals surface area contributed by atoms with E-state index in [9.17, 15) is 18.7 Å². The predicted octanol–water partition coefficient (Wildman–Crippen LogP) is 9.40. The molecular formula is C39H38F3NO4. The number of aliphatic hydroxyl groups is 1. The van der Waals surface area contributed by atoms with Crippen molar-refractivity contribution in [2.75, 3.05) is 6.61 Å². The summed E-state index contributed by atoms with van der Waals surface area (Å²) in [5.41, 5.74) is 4.05. The molecule has 1 N–H and O–H groups in total. The van der Waals surface area contributed by atoms with Crippen LogP contribution in [0.1, 0.15) is 72.8 Å². The second-order valence-electron chi connectivity index (χ2n) is 12.9. The first-order valence-corrected chi connectivity index (χ1v) is 15.9. The smallest absolute Gasteiger partial charge is 0.338 e. The van der Waals surface area contributed by atoms with Crippen LogP contribution < -0.4 is 4.74 Å². The molecule has 47 heavy (non-hydrogen) atoms. The van der Waals surface area contributed by atoms with E-state index in [1.807, 2.05) is 79.1 Å². The van der Waals surface area contributed by atoms with Crippen LogP contribution in [0.5, 0.6) is 5.75 Å². The fourth-order valence-corrected chi connectivity index (χ4v) is 6.48. The summed E-state index contributed by atoms with van der Waals surface area (Å²) in [4.78, 5) is 12.5. The lowest BCUT2D eigenvalue weighted by atomic mass is 9.83. The van der Waals surface area contributed by atoms with E-state index in [1.165, 1.54) is 6.07 Å². The maximum Gasteiger partial charge on any atom is 0.338 e. The molecule has 0 amide bonds. The second-order valence-corrected chi connectivity index (χ2v) is 12.9. The highest BCUT2D eigenvalue weighted by molar-refractivity contribution is 6.03. The molecule has 0 radical (unpaired) electrons. The first-order valence-electron chi connectivity index (χ1n) is 15.9. The van der Waals surface area contributed by atoms with Gasteiger partial charge in [-0.1, -0.05) is 86.6 Å². The van der Waals surface area contributed by atoms with Crippen molar-refractivity contribution in [3.8, 4) is 16.9 Å². The van der Waals surface area contributed by atoms with E-state index in [4.69, 9.17) is 9.47 Å². The number of nitrogens with zero attached hydrogens (tertiary/aromatic N) is 1. The standard InChI is InChI=1S/C39H38F3NO4/c1-38(2,25-44)36-33(28-15-13-27(14-16-28)24-47-37(45)29-11-7-4-8-12-29)34-32(43(36)30-19-21-39(41,42)22-20-30)18-17-31(40)35(34)46-23-26-9-5-3-6-10-26/h3-18,30,44H,19-25H2,1-2H3. The average molecular weight is 642 g/mol. The minimum absolute atomic E-state index is 0.0567. The monoisotopic (exact) mass is 641 g/mol. The number of aromatic nitrogens is 1. The fourth-order valence-electron chi connectivity index (χ4n) is 6.48. The second kappa shape index (κ2) is 13.3. The molecule has 0 atom stereocenters. The minimum atomic E-state index is -2.73. The van der Waals surface area contributed by atoms with Gasteiger partial charge in [0.1, 0.15) is 13.2 Å². The van der Waals surface area contributed by atoms with Gasteiger partial charge in [-0.25, -0.2) is 18.0 Å². The summed E-state index contributed by atoms with van der Waals surface area (Å²) in [6.07, 6.45) is -0.0106. The summed E-state index contributed by atoms with van der Waals surface area (Å²) in [6.45, 7) is 3.76. The molecule has 8 heteroatoms. The van der Waals surface area contributed by atoms with Crippen molar-refractivity contribution in [3.05, 3.63) is 125 Å². The molecule has 1 aliphatic rings. The van der Waals surface area contributed by atoms with E-state index < -0.39 is 23.1 Å². The molecule has 0 saturated heterocycles. The van der Waals surface area contributed by atoms with Gasteiger partial charge < -0.3 is 19.1 Å². The van der Waals surface area contributed by atoms with E-state index in [-0.39, 0.29) is 57.3 Å². The molecule has 6 rings (SSSR count). The lowest BCUT2D eigenvalue weighted by molar-refractivity contribution is -0.0440. The van der Waals surface area contributed by atoms with Crippen LogP contribution in [-0.2, 0) is 23.4 Å². The number of halogens is 3. The molecule has 1 aliphatic carbocycles. The Labute approximate surface area is 272 Å². The molecule has 1 fully saturated rings. The molecule has 1 aromatic heterocycles. The number of fused-ring (bicyclic) bond motifs is 1. The maximum atomic E-state index is 15.8. The SMILES string of the molecule is CC(C)(CO)c1c(-c2ccc(COC(=O)c3ccccc3)cc2)c2c(OCc3ccccc3)c(F)ccc2n1C1CCC(F)(F)CC1. The largest absolute Gasteiger partial charge is 0.485 e. The zero-order valence-corrected chi connectivity index (χ0v) is 26.5. The minimum Gasteiger partial charge on any atom is -0.485 e. The van der Waals surface area contributed by atoms with E-state index in [0.717, 1.165) is 22.4 Å². The molecule has 0 bridgehead atoms. The molecule has 5 nitrogen and oxygen atoms in total. The summed E-state index contributed by atoms with van der Waals surface area (Å²) in [6, 6.07) is 28.4. The number of alkyl halides is 2. The van der Waals surface area contributed by atoms with E-state index >= 15 is 4.39 Å². The van der Waals surface area contributed by atoms with Gasteiger partial charge in [-0.2, -0.15) is 0 Å². The number of hydrogen-bond acceptors (Lipinski definition) is 4. The molecule has 4 aromatic carbocycles. The van der Waals surface area contributed by atoms with Gasteiger partial charge in [0.25, 0.3) is 0 Å². The van der Waals surface area contributed by atoms with Crippen molar-refractivity contribution in [1.82, 2.24) is 4.57 Å². The molecule has 1 heterocycles. The molecule has 0 unspecified atom stereocenters. The van der Waals surface area contributed by atoms with Gasteiger partial charge in [-0.15, -0.1) is 0 Å². The zero-order chi connectivity index (χ0) is 33.2. The normalized spacial score (nSPS) is 15.1. The van der Waals surface area contributed by atoms with Crippen molar-refractivity contribution in [2.24, 2.45) is 0 Å². The summed E-state index contributed by atoms with van der Waals surface area (Å²) in [5.74, 6) is -3.64. The zero-order valence-electron chi connectivity index (χ0n) is 26.5. The third-order valence-corrected chi connectivity index (χ3v) is 9.01. The number of carbonyl (C=O) groups excluding carboxylic acids is 1. The van der Waals surface area contributed by atoms with Crippen LogP contribution >= 0.6 is 0 Å². The Bertz CT molecular complexity index is 1840. The fraction of sp³-hybridized carbons (Fsp3) is 0.308. The van der Waals surface area contributed by atoms with E-state index in [1.54, 1.807) is 30.3 Å². The first-order chi connectivity index (χ1) is 22.6. The Morgan fingerprint density at radius 1 is 0.872 bits per heavy atom. The van der Waals surface area contributed by atoms with Gasteiger partial charge in [0.15, 0.2) is 11.6 Å². The first kappa shape index (κ1) is 32.4. The van der Waals surface area contributed by atoms with E-state index in [2.05, 4.69) is 0 Å². The number of ether oxygens (including phenoxy) is 2. The third-order valence-electron chi connectivity index (χ3n) is 9.01. The number of benzene rings is 4. The Morgan fingerprint density at radius 3 is 2.13 bits per heavy atom. The van der Waals surface area contributed by atoms with Crippen LogP contribution in [0.2, 0.25) is 0 Å². The summed E-state index contributed by atoms with van der Waals surface area (Å²) < 4.78 is 58.3. The van der Waals surface area contributed by atoms with Crippen molar-refractivity contribution < 1.29 is 32.5 Å². The molecule has 0 spiro atoms. The Kier molecular flexibility index (Phi) is 9.15. The summed E-state index contributed by atoms with van der Waals surface area (Å²) in [5, 5.41) is 11.2. The van der Waals surface area contributed by atoms with Gasteiger partial charge in [-0.3, -0.25) is 0 Å². The third kappa shape index (κ3) is 6.79. The topological polar surface area (TPSA) is 60.7 Å². The molecule has 244 valence electrons. The van der Waals surface area contributed by atoms with Gasteiger partial charge in [-0.05, 0) is 53.8 Å². The lowest BCUT2D eigenvalue weighted by Gasteiger charge is -2.34.